The van der Waals surface area contributed by atoms with E-state index in [0.29, 0.717) is 38.6 Å². The molecule has 1 rings (SSSR count). The SMILES string of the molecule is COCCOCCCOCc1ccccc1C(=O)NN. The standard InChI is InChI=1S/C14H22N2O4/c1-18-9-10-19-7-4-8-20-11-12-5-2-3-6-13(12)14(17)16-15/h2-3,5-6H,4,7-11,15H2,1H3,(H,16,17). The molecule has 112 valence electrons. The fourth-order valence-corrected chi connectivity index (χ4v) is 1.63. The second-order valence-electron chi connectivity index (χ2n) is 4.14. The van der Waals surface area contributed by atoms with Crippen molar-refractivity contribution in [1.82, 2.24) is 5.43 Å². The molecule has 6 nitrogen and oxygen atoms in total. The average Bonchev–Trinajstić information content (AvgIpc) is 2.49. The van der Waals surface area contributed by atoms with Gasteiger partial charge in [0.05, 0.1) is 19.8 Å². The van der Waals surface area contributed by atoms with E-state index < -0.39 is 0 Å². The summed E-state index contributed by atoms with van der Waals surface area (Å²) in [6, 6.07) is 7.21. The molecule has 1 amide bonds. The normalized spacial score (nSPS) is 10.5. The summed E-state index contributed by atoms with van der Waals surface area (Å²) in [6.07, 6.45) is 0.801. The Hall–Kier alpha value is -1.47. The van der Waals surface area contributed by atoms with Crippen LogP contribution in [-0.2, 0) is 20.8 Å². The summed E-state index contributed by atoms with van der Waals surface area (Å²) in [5.74, 6) is 4.83. The maximum atomic E-state index is 11.5. The van der Waals surface area contributed by atoms with Gasteiger partial charge in [-0.2, -0.15) is 0 Å². The summed E-state index contributed by atoms with van der Waals surface area (Å²) in [7, 11) is 1.64. The lowest BCUT2D eigenvalue weighted by atomic mass is 10.1. The van der Waals surface area contributed by atoms with Crippen LogP contribution in [0, 0.1) is 0 Å². The third-order valence-electron chi connectivity index (χ3n) is 2.66. The highest BCUT2D eigenvalue weighted by Gasteiger charge is 2.08. The smallest absolute Gasteiger partial charge is 0.265 e. The Bertz CT molecular complexity index is 399. The number of methoxy groups -OCH3 is 1. The van der Waals surface area contributed by atoms with Crippen molar-refractivity contribution in [3.8, 4) is 0 Å². The van der Waals surface area contributed by atoms with Gasteiger partial charge in [0, 0.05) is 25.9 Å². The van der Waals surface area contributed by atoms with E-state index in [1.807, 2.05) is 12.1 Å². The van der Waals surface area contributed by atoms with E-state index in [2.05, 4.69) is 5.43 Å². The van der Waals surface area contributed by atoms with E-state index in [1.54, 1.807) is 19.2 Å². The molecule has 0 spiro atoms. The largest absolute Gasteiger partial charge is 0.382 e. The molecular formula is C14H22N2O4. The number of carbonyl (C=O) groups excluding carboxylic acids is 1. The van der Waals surface area contributed by atoms with Crippen molar-refractivity contribution < 1.29 is 19.0 Å². The number of ether oxygens (including phenoxy) is 3. The Balaban J connectivity index is 2.23. The molecule has 0 aliphatic rings. The molecule has 0 bridgehead atoms. The monoisotopic (exact) mass is 282 g/mol. The number of amides is 1. The van der Waals surface area contributed by atoms with Crippen LogP contribution in [0.1, 0.15) is 22.3 Å². The Morgan fingerprint density at radius 2 is 1.90 bits per heavy atom. The third-order valence-corrected chi connectivity index (χ3v) is 2.66. The predicted octanol–water partition coefficient (Wildman–Crippen LogP) is 0.860. The zero-order valence-electron chi connectivity index (χ0n) is 11.8. The van der Waals surface area contributed by atoms with Gasteiger partial charge in [0.1, 0.15) is 0 Å². The van der Waals surface area contributed by atoms with Crippen molar-refractivity contribution in [3.05, 3.63) is 35.4 Å². The molecule has 20 heavy (non-hydrogen) atoms. The predicted molar refractivity (Wildman–Crippen MR) is 75.1 cm³/mol. The quantitative estimate of drug-likeness (QED) is 0.288. The zero-order valence-corrected chi connectivity index (χ0v) is 11.8. The van der Waals surface area contributed by atoms with Crippen LogP contribution in [-0.4, -0.2) is 39.4 Å². The average molecular weight is 282 g/mol. The fourth-order valence-electron chi connectivity index (χ4n) is 1.63. The molecule has 0 aromatic heterocycles. The van der Waals surface area contributed by atoms with Crippen LogP contribution in [0.15, 0.2) is 24.3 Å². The van der Waals surface area contributed by atoms with Crippen molar-refractivity contribution in [3.63, 3.8) is 0 Å². The zero-order chi connectivity index (χ0) is 14.6. The van der Waals surface area contributed by atoms with Gasteiger partial charge in [0.2, 0.25) is 0 Å². The number of hydrazine groups is 1. The number of nitrogens with two attached hydrogens (primary N) is 1. The first kappa shape index (κ1) is 16.6. The van der Waals surface area contributed by atoms with Crippen molar-refractivity contribution in [1.29, 1.82) is 0 Å². The molecule has 1 aromatic rings. The van der Waals surface area contributed by atoms with Gasteiger partial charge in [-0.1, -0.05) is 18.2 Å². The van der Waals surface area contributed by atoms with Crippen LogP contribution in [0.25, 0.3) is 0 Å². The van der Waals surface area contributed by atoms with E-state index in [0.717, 1.165) is 12.0 Å². The number of benzene rings is 1. The maximum absolute atomic E-state index is 11.5. The van der Waals surface area contributed by atoms with E-state index in [4.69, 9.17) is 20.1 Å². The molecule has 0 saturated carbocycles. The van der Waals surface area contributed by atoms with Gasteiger partial charge in [-0.15, -0.1) is 0 Å². The summed E-state index contributed by atoms with van der Waals surface area (Å²) in [6.45, 7) is 2.78. The highest BCUT2D eigenvalue weighted by atomic mass is 16.5. The van der Waals surface area contributed by atoms with Crippen molar-refractivity contribution in [2.45, 2.75) is 13.0 Å². The first-order valence-corrected chi connectivity index (χ1v) is 6.53. The summed E-state index contributed by atoms with van der Waals surface area (Å²) in [5.41, 5.74) is 3.47. The summed E-state index contributed by atoms with van der Waals surface area (Å²) < 4.78 is 15.7. The number of nitrogen functional groups attached to an aromatic ring is 1. The molecule has 0 heterocycles. The molecule has 0 saturated heterocycles. The van der Waals surface area contributed by atoms with Gasteiger partial charge < -0.3 is 14.2 Å². The molecule has 0 aliphatic heterocycles. The van der Waals surface area contributed by atoms with Gasteiger partial charge in [0.25, 0.3) is 5.91 Å². The molecule has 0 fully saturated rings. The van der Waals surface area contributed by atoms with Crippen LogP contribution < -0.4 is 11.3 Å². The lowest BCUT2D eigenvalue weighted by molar-refractivity contribution is 0.0481. The lowest BCUT2D eigenvalue weighted by Gasteiger charge is -2.09. The van der Waals surface area contributed by atoms with Crippen LogP contribution in [0.3, 0.4) is 0 Å². The van der Waals surface area contributed by atoms with Crippen LogP contribution in [0.5, 0.6) is 0 Å². The first-order chi connectivity index (χ1) is 9.79. The van der Waals surface area contributed by atoms with E-state index in [9.17, 15) is 4.79 Å². The highest BCUT2D eigenvalue weighted by molar-refractivity contribution is 5.95. The van der Waals surface area contributed by atoms with Crippen molar-refractivity contribution >= 4 is 5.91 Å². The number of nitrogens with one attached hydrogen (secondary N) is 1. The molecule has 0 unspecified atom stereocenters. The second-order valence-corrected chi connectivity index (χ2v) is 4.14. The van der Waals surface area contributed by atoms with Crippen LogP contribution in [0.2, 0.25) is 0 Å². The van der Waals surface area contributed by atoms with E-state index >= 15 is 0 Å². The van der Waals surface area contributed by atoms with E-state index in [1.165, 1.54) is 0 Å². The minimum atomic E-state index is -0.313. The molecule has 0 aliphatic carbocycles. The Kier molecular flexibility index (Phi) is 8.57. The van der Waals surface area contributed by atoms with Gasteiger partial charge in [-0.05, 0) is 18.1 Å². The van der Waals surface area contributed by atoms with Gasteiger partial charge in [-0.25, -0.2) is 5.84 Å². The topological polar surface area (TPSA) is 82.8 Å². The molecule has 0 atom stereocenters. The summed E-state index contributed by atoms with van der Waals surface area (Å²) in [5, 5.41) is 0. The fraction of sp³-hybridized carbons (Fsp3) is 0.500. The number of rotatable bonds is 10. The summed E-state index contributed by atoms with van der Waals surface area (Å²) in [4.78, 5) is 11.5. The van der Waals surface area contributed by atoms with Crippen molar-refractivity contribution in [2.75, 3.05) is 33.5 Å². The lowest BCUT2D eigenvalue weighted by Crippen LogP contribution is -2.30. The van der Waals surface area contributed by atoms with Crippen LogP contribution >= 0.6 is 0 Å². The Morgan fingerprint density at radius 3 is 2.65 bits per heavy atom. The number of hydrogen-bond acceptors (Lipinski definition) is 5. The number of hydrogen-bond donors (Lipinski definition) is 2. The molecule has 1 aromatic carbocycles. The van der Waals surface area contributed by atoms with Gasteiger partial charge in [0.15, 0.2) is 0 Å². The molecular weight excluding hydrogens is 260 g/mol. The van der Waals surface area contributed by atoms with Gasteiger partial charge in [-0.3, -0.25) is 10.2 Å². The minimum Gasteiger partial charge on any atom is -0.382 e. The molecule has 3 N–H and O–H groups in total. The van der Waals surface area contributed by atoms with Crippen LogP contribution in [0.4, 0.5) is 0 Å². The second kappa shape index (κ2) is 10.3. The third kappa shape index (κ3) is 6.12. The molecule has 0 radical (unpaired) electrons. The van der Waals surface area contributed by atoms with Gasteiger partial charge >= 0.3 is 0 Å². The maximum Gasteiger partial charge on any atom is 0.265 e. The Morgan fingerprint density at radius 1 is 1.15 bits per heavy atom. The summed E-state index contributed by atoms with van der Waals surface area (Å²) >= 11 is 0. The van der Waals surface area contributed by atoms with Crippen molar-refractivity contribution in [2.24, 2.45) is 5.84 Å². The highest BCUT2D eigenvalue weighted by Crippen LogP contribution is 2.10. The number of carbonyl (C=O) groups is 1. The van der Waals surface area contributed by atoms with E-state index in [-0.39, 0.29) is 5.91 Å². The molecule has 6 heteroatoms. The Labute approximate surface area is 119 Å². The first-order valence-electron chi connectivity index (χ1n) is 6.53. The minimum absolute atomic E-state index is 0.313.